The first kappa shape index (κ1) is 31.8. The number of carbonyl (C=O) groups is 2. The number of rotatable bonds is 9. The van der Waals surface area contributed by atoms with Gasteiger partial charge in [-0.25, -0.2) is 0 Å². The summed E-state index contributed by atoms with van der Waals surface area (Å²) in [5, 5.41) is 28.3. The van der Waals surface area contributed by atoms with Gasteiger partial charge in [-0.3, -0.25) is 14.3 Å². The summed E-state index contributed by atoms with van der Waals surface area (Å²) >= 11 is 13.1. The van der Waals surface area contributed by atoms with Crippen molar-refractivity contribution in [3.05, 3.63) is 68.1 Å². The van der Waals surface area contributed by atoms with E-state index in [4.69, 9.17) is 27.9 Å². The van der Waals surface area contributed by atoms with Crippen molar-refractivity contribution in [1.82, 2.24) is 25.0 Å². The number of aryl methyl sites for hydroxylation is 5. The normalized spacial score (nSPS) is 15.0. The molecule has 12 heteroatoms. The quantitative estimate of drug-likeness (QED) is 0.154. The number of H-pyrrole nitrogens is 1. The number of benzene rings is 2. The molecule has 0 unspecified atom stereocenters. The first-order valence-electron chi connectivity index (χ1n) is 14.6. The van der Waals surface area contributed by atoms with Crippen LogP contribution in [0.1, 0.15) is 51.4 Å². The highest BCUT2D eigenvalue weighted by atomic mass is 35.5. The smallest absolute Gasteiger partial charge is 0.279 e. The Morgan fingerprint density at radius 3 is 2.48 bits per heavy atom. The van der Waals surface area contributed by atoms with Gasteiger partial charge in [-0.1, -0.05) is 29.3 Å². The van der Waals surface area contributed by atoms with Gasteiger partial charge in [0.25, 0.3) is 11.8 Å². The maximum Gasteiger partial charge on any atom is 0.279 e. The Kier molecular flexibility index (Phi) is 9.27. The van der Waals surface area contributed by atoms with Crippen LogP contribution in [0.3, 0.4) is 0 Å². The van der Waals surface area contributed by atoms with Crippen LogP contribution < -0.4 is 10.1 Å². The Morgan fingerprint density at radius 1 is 1.14 bits per heavy atom. The summed E-state index contributed by atoms with van der Waals surface area (Å²) in [5.41, 5.74) is 7.34. The predicted octanol–water partition coefficient (Wildman–Crippen LogP) is 4.76. The largest absolute Gasteiger partial charge is 0.494 e. The highest BCUT2D eigenvalue weighted by Gasteiger charge is 2.31. The Hall–Kier alpha value is -3.57. The molecule has 1 saturated heterocycles. The molecule has 2 amide bonds. The van der Waals surface area contributed by atoms with Crippen LogP contribution in [0.2, 0.25) is 10.0 Å². The number of likely N-dealkylation sites (tertiary alicyclic amines) is 1. The number of nitrogens with zero attached hydrogens (tertiary/aromatic N) is 3. The number of amides is 2. The molecule has 1 aliphatic rings. The van der Waals surface area contributed by atoms with Crippen molar-refractivity contribution in [2.24, 2.45) is 7.05 Å². The molecule has 44 heavy (non-hydrogen) atoms. The molecule has 10 nitrogen and oxygen atoms in total. The van der Waals surface area contributed by atoms with Gasteiger partial charge in [0.15, 0.2) is 0 Å². The number of aliphatic hydroxyl groups is 2. The van der Waals surface area contributed by atoms with E-state index in [1.807, 2.05) is 63.7 Å². The minimum atomic E-state index is -2.07. The summed E-state index contributed by atoms with van der Waals surface area (Å²) in [7, 11) is 1.88. The van der Waals surface area contributed by atoms with Crippen LogP contribution in [0.4, 0.5) is 0 Å². The monoisotopic (exact) mass is 641 g/mol. The average Bonchev–Trinajstić information content (AvgIpc) is 3.65. The Labute approximate surface area is 265 Å². The van der Waals surface area contributed by atoms with E-state index >= 15 is 0 Å². The van der Waals surface area contributed by atoms with Crippen LogP contribution in [0.15, 0.2) is 24.3 Å². The zero-order valence-corrected chi connectivity index (χ0v) is 26.9. The number of hydrogen-bond acceptors (Lipinski definition) is 6. The van der Waals surface area contributed by atoms with E-state index < -0.39 is 12.2 Å². The molecule has 0 aliphatic carbocycles. The van der Waals surface area contributed by atoms with Gasteiger partial charge in [0.05, 0.1) is 22.8 Å². The van der Waals surface area contributed by atoms with Gasteiger partial charge in [-0.15, -0.1) is 0 Å². The van der Waals surface area contributed by atoms with E-state index in [1.165, 1.54) is 4.90 Å². The number of carbonyl (C=O) groups excluding carboxylic acids is 2. The van der Waals surface area contributed by atoms with Crippen LogP contribution >= 0.6 is 23.2 Å². The van der Waals surface area contributed by atoms with Crippen LogP contribution in [-0.4, -0.2) is 73.7 Å². The Bertz CT molecular complexity index is 1720. The molecule has 1 aliphatic heterocycles. The lowest BCUT2D eigenvalue weighted by Crippen LogP contribution is -2.41. The van der Waals surface area contributed by atoms with Crippen molar-refractivity contribution in [1.29, 1.82) is 0 Å². The Morgan fingerprint density at radius 2 is 1.84 bits per heavy atom. The van der Waals surface area contributed by atoms with Gasteiger partial charge in [0.2, 0.25) is 6.29 Å². The molecule has 0 bridgehead atoms. The predicted molar refractivity (Wildman–Crippen MR) is 170 cm³/mol. The molecule has 0 spiro atoms. The van der Waals surface area contributed by atoms with E-state index in [1.54, 1.807) is 0 Å². The lowest BCUT2D eigenvalue weighted by atomic mass is 9.98. The summed E-state index contributed by atoms with van der Waals surface area (Å²) < 4.78 is 7.87. The van der Waals surface area contributed by atoms with Gasteiger partial charge in [-0.2, -0.15) is 5.10 Å². The topological polar surface area (TPSA) is 133 Å². The third kappa shape index (κ3) is 6.17. The van der Waals surface area contributed by atoms with Gasteiger partial charge in [0.1, 0.15) is 11.4 Å². The van der Waals surface area contributed by atoms with E-state index in [0.29, 0.717) is 43.1 Å². The molecule has 2 aromatic carbocycles. The zero-order valence-electron chi connectivity index (χ0n) is 25.4. The number of aromatic nitrogens is 3. The van der Waals surface area contributed by atoms with Crippen molar-refractivity contribution in [3.63, 3.8) is 0 Å². The molecular formula is C32H37Cl2N5O5. The van der Waals surface area contributed by atoms with Gasteiger partial charge < -0.3 is 30.2 Å². The zero-order chi connectivity index (χ0) is 31.9. The molecular weight excluding hydrogens is 605 g/mol. The van der Waals surface area contributed by atoms with Crippen molar-refractivity contribution in [3.8, 4) is 16.9 Å². The number of hydrogen-bond donors (Lipinski definition) is 4. The second-order valence-corrected chi connectivity index (χ2v) is 12.2. The average molecular weight is 643 g/mol. The lowest BCUT2D eigenvalue weighted by molar-refractivity contribution is -0.157. The van der Waals surface area contributed by atoms with Gasteiger partial charge in [0, 0.05) is 53.4 Å². The molecule has 234 valence electrons. The molecule has 1 fully saturated rings. The fourth-order valence-electron chi connectivity index (χ4n) is 6.05. The van der Waals surface area contributed by atoms with E-state index in [-0.39, 0.29) is 18.5 Å². The number of ether oxygens (including phenoxy) is 1. The third-order valence-electron chi connectivity index (χ3n) is 8.32. The summed E-state index contributed by atoms with van der Waals surface area (Å²) in [6.45, 7) is 8.74. The molecule has 0 saturated carbocycles. The summed E-state index contributed by atoms with van der Waals surface area (Å²) in [6, 6.07) is 7.27. The lowest BCUT2D eigenvalue weighted by Gasteiger charge is -2.18. The fourth-order valence-corrected chi connectivity index (χ4v) is 6.42. The minimum Gasteiger partial charge on any atom is -0.494 e. The number of aliphatic hydroxyl groups excluding tert-OH is 1. The maximum atomic E-state index is 13.8. The van der Waals surface area contributed by atoms with Crippen molar-refractivity contribution in [2.45, 2.75) is 59.3 Å². The number of halogens is 2. The van der Waals surface area contributed by atoms with Crippen LogP contribution in [-0.2, 0) is 18.3 Å². The molecule has 5 rings (SSSR count). The molecule has 3 heterocycles. The molecule has 0 radical (unpaired) electrons. The van der Waals surface area contributed by atoms with Crippen LogP contribution in [0, 0.1) is 27.7 Å². The van der Waals surface area contributed by atoms with E-state index in [9.17, 15) is 19.8 Å². The van der Waals surface area contributed by atoms with Crippen molar-refractivity contribution in [2.75, 3.05) is 19.7 Å². The SMILES string of the molecule is Cc1cc(OCCCc2c(C(=O)N[C@H]3CCN(C(=O)C(O)O)C3)[nH]c3c(-c4c(C)nn(C)c4C)c(Cl)ccc23)cc(C)c1Cl. The highest BCUT2D eigenvalue weighted by molar-refractivity contribution is 6.35. The second kappa shape index (κ2) is 12.8. The van der Waals surface area contributed by atoms with Gasteiger partial charge >= 0.3 is 0 Å². The number of nitrogens with one attached hydrogen (secondary N) is 2. The number of fused-ring (bicyclic) bond motifs is 1. The maximum absolute atomic E-state index is 13.8. The van der Waals surface area contributed by atoms with E-state index in [0.717, 1.165) is 60.9 Å². The highest BCUT2D eigenvalue weighted by Crippen LogP contribution is 2.40. The third-order valence-corrected chi connectivity index (χ3v) is 9.23. The summed E-state index contributed by atoms with van der Waals surface area (Å²) in [6.07, 6.45) is -0.391. The summed E-state index contributed by atoms with van der Waals surface area (Å²) in [5.74, 6) is -0.349. The van der Waals surface area contributed by atoms with E-state index in [2.05, 4.69) is 15.4 Å². The molecule has 4 N–H and O–H groups in total. The number of aromatic amines is 1. The van der Waals surface area contributed by atoms with Crippen molar-refractivity contribution >= 4 is 45.9 Å². The van der Waals surface area contributed by atoms with Crippen LogP contribution in [0.5, 0.6) is 5.75 Å². The molecule has 2 aromatic heterocycles. The Balaban J connectivity index is 1.46. The van der Waals surface area contributed by atoms with Crippen LogP contribution in [0.25, 0.3) is 22.0 Å². The standard InChI is InChI=1S/C32H37Cl2N5O5/c1-16-13-21(14-17(2)27(16)34)44-12-6-7-22-23-8-9-24(33)26(25-18(3)37-38(5)19(25)4)28(23)36-29(22)30(40)35-20-10-11-39(15-20)31(41)32(42)43/h8-9,13-14,20,32,36,42-43H,6-7,10-12,15H2,1-5H3,(H,35,40)/t20-/m0/s1. The summed E-state index contributed by atoms with van der Waals surface area (Å²) in [4.78, 5) is 30.6. The first-order valence-corrected chi connectivity index (χ1v) is 15.3. The minimum absolute atomic E-state index is 0.191. The first-order chi connectivity index (χ1) is 20.9. The van der Waals surface area contributed by atoms with Gasteiger partial charge in [-0.05, 0) is 81.8 Å². The molecule has 4 aromatic rings. The van der Waals surface area contributed by atoms with Crippen molar-refractivity contribution < 1.29 is 24.5 Å². The molecule has 1 atom stereocenters. The fraction of sp³-hybridized carbons (Fsp3) is 0.406. The second-order valence-electron chi connectivity index (χ2n) is 11.4.